The van der Waals surface area contributed by atoms with E-state index in [0.717, 1.165) is 29.8 Å². The van der Waals surface area contributed by atoms with Crippen molar-refractivity contribution in [2.75, 3.05) is 5.32 Å². The van der Waals surface area contributed by atoms with Gasteiger partial charge < -0.3 is 10.1 Å². The lowest BCUT2D eigenvalue weighted by Crippen LogP contribution is -2.20. The summed E-state index contributed by atoms with van der Waals surface area (Å²) >= 11 is 0. The molecule has 0 aliphatic heterocycles. The summed E-state index contributed by atoms with van der Waals surface area (Å²) in [4.78, 5) is 12.0. The van der Waals surface area contributed by atoms with Gasteiger partial charge in [0.1, 0.15) is 18.6 Å². The molecule has 1 amide bonds. The lowest BCUT2D eigenvalue weighted by atomic mass is 10.1. The van der Waals surface area contributed by atoms with Crippen molar-refractivity contribution in [3.63, 3.8) is 0 Å². The molecule has 7 heteroatoms. The molecule has 0 saturated heterocycles. The third-order valence-corrected chi connectivity index (χ3v) is 3.85. The largest absolute Gasteiger partial charge is 0.490 e. The second-order valence-corrected chi connectivity index (χ2v) is 5.51. The lowest BCUT2D eigenvalue weighted by molar-refractivity contribution is -0.116. The molecule has 1 aliphatic rings. The maximum absolute atomic E-state index is 12.0. The van der Waals surface area contributed by atoms with Crippen LogP contribution in [0.1, 0.15) is 31.2 Å². The Balaban J connectivity index is 1.66. The highest BCUT2D eigenvalue weighted by Gasteiger charge is 2.18. The van der Waals surface area contributed by atoms with E-state index in [1.807, 2.05) is 25.1 Å². The first-order valence-corrected chi connectivity index (χ1v) is 7.49. The number of hydrogen-bond donors (Lipinski definition) is 1. The van der Waals surface area contributed by atoms with Crippen molar-refractivity contribution in [3.8, 4) is 5.75 Å². The fourth-order valence-electron chi connectivity index (χ4n) is 2.65. The van der Waals surface area contributed by atoms with Crippen LogP contribution >= 0.6 is 0 Å². The molecule has 1 aromatic heterocycles. The Bertz CT molecular complexity index is 635. The lowest BCUT2D eigenvalue weighted by Gasteiger charge is -2.17. The fraction of sp³-hybridized carbons (Fsp3) is 0.467. The van der Waals surface area contributed by atoms with Crippen LogP contribution in [0.15, 0.2) is 24.5 Å². The molecule has 2 aromatic rings. The van der Waals surface area contributed by atoms with Gasteiger partial charge in [0, 0.05) is 11.3 Å². The first kappa shape index (κ1) is 14.5. The van der Waals surface area contributed by atoms with E-state index in [1.54, 1.807) is 0 Å². The third-order valence-electron chi connectivity index (χ3n) is 3.85. The highest BCUT2D eigenvalue weighted by Crippen LogP contribution is 2.30. The van der Waals surface area contributed by atoms with Gasteiger partial charge in [-0.25, -0.2) is 4.68 Å². The van der Waals surface area contributed by atoms with Gasteiger partial charge in [-0.1, -0.05) is 6.07 Å². The molecular weight excluding hydrogens is 282 g/mol. The molecule has 0 spiro atoms. The first-order valence-electron chi connectivity index (χ1n) is 7.49. The van der Waals surface area contributed by atoms with Crippen LogP contribution in [-0.4, -0.2) is 32.2 Å². The number of tetrazole rings is 1. The van der Waals surface area contributed by atoms with Crippen LogP contribution in [0.25, 0.3) is 0 Å². The summed E-state index contributed by atoms with van der Waals surface area (Å²) in [6.07, 6.45) is 6.38. The molecule has 1 fully saturated rings. The van der Waals surface area contributed by atoms with Gasteiger partial charge >= 0.3 is 0 Å². The normalized spacial score (nSPS) is 15.0. The fourth-order valence-corrected chi connectivity index (χ4v) is 2.65. The van der Waals surface area contributed by atoms with Gasteiger partial charge in [-0.05, 0) is 55.2 Å². The van der Waals surface area contributed by atoms with E-state index in [1.165, 1.54) is 23.9 Å². The Kier molecular flexibility index (Phi) is 4.32. The predicted octanol–water partition coefficient (Wildman–Crippen LogP) is 1.94. The quantitative estimate of drug-likeness (QED) is 0.912. The average Bonchev–Trinajstić information content (AvgIpc) is 3.17. The van der Waals surface area contributed by atoms with Crippen molar-refractivity contribution >= 4 is 11.6 Å². The number of nitrogens with one attached hydrogen (secondary N) is 1. The van der Waals surface area contributed by atoms with Crippen molar-refractivity contribution in [2.45, 2.75) is 45.3 Å². The predicted molar refractivity (Wildman–Crippen MR) is 80.5 cm³/mol. The SMILES string of the molecule is Cc1c(NC(=O)Cn2cnnn2)cccc1OC1CCCC1. The molecule has 1 N–H and O–H groups in total. The second-order valence-electron chi connectivity index (χ2n) is 5.51. The minimum Gasteiger partial charge on any atom is -0.490 e. The molecule has 0 atom stereocenters. The monoisotopic (exact) mass is 301 g/mol. The van der Waals surface area contributed by atoms with Crippen LogP contribution in [0, 0.1) is 6.92 Å². The smallest absolute Gasteiger partial charge is 0.246 e. The molecule has 7 nitrogen and oxygen atoms in total. The van der Waals surface area contributed by atoms with Gasteiger partial charge in [-0.3, -0.25) is 4.79 Å². The van der Waals surface area contributed by atoms with E-state index in [9.17, 15) is 4.79 Å². The van der Waals surface area contributed by atoms with Gasteiger partial charge in [-0.2, -0.15) is 0 Å². The van der Waals surface area contributed by atoms with E-state index >= 15 is 0 Å². The Morgan fingerprint density at radius 3 is 2.95 bits per heavy atom. The van der Waals surface area contributed by atoms with Crippen LogP contribution in [-0.2, 0) is 11.3 Å². The van der Waals surface area contributed by atoms with E-state index < -0.39 is 0 Å². The van der Waals surface area contributed by atoms with E-state index in [-0.39, 0.29) is 12.5 Å². The highest BCUT2D eigenvalue weighted by molar-refractivity contribution is 5.91. The van der Waals surface area contributed by atoms with Crippen molar-refractivity contribution in [1.82, 2.24) is 20.2 Å². The summed E-state index contributed by atoms with van der Waals surface area (Å²) in [5, 5.41) is 13.6. The minimum absolute atomic E-state index is 0.0835. The standard InChI is InChI=1S/C15H19N5O2/c1-11-13(17-15(21)9-20-10-16-18-19-20)7-4-8-14(11)22-12-5-2-3-6-12/h4,7-8,10,12H,2-3,5-6,9H2,1H3,(H,17,21). The van der Waals surface area contributed by atoms with Crippen LogP contribution in [0.3, 0.4) is 0 Å². The minimum atomic E-state index is -0.173. The number of anilines is 1. The number of carbonyl (C=O) groups is 1. The summed E-state index contributed by atoms with van der Waals surface area (Å²) in [6, 6.07) is 5.71. The summed E-state index contributed by atoms with van der Waals surface area (Å²) in [7, 11) is 0. The Labute approximate surface area is 128 Å². The Hall–Kier alpha value is -2.44. The summed E-state index contributed by atoms with van der Waals surface area (Å²) in [5.74, 6) is 0.667. The average molecular weight is 301 g/mol. The Morgan fingerprint density at radius 2 is 2.23 bits per heavy atom. The van der Waals surface area contributed by atoms with E-state index in [4.69, 9.17) is 4.74 Å². The van der Waals surface area contributed by atoms with Gasteiger partial charge in [0.15, 0.2) is 0 Å². The molecule has 1 aliphatic carbocycles. The number of amides is 1. The van der Waals surface area contributed by atoms with Gasteiger partial charge in [0.2, 0.25) is 5.91 Å². The van der Waals surface area contributed by atoms with Crippen LogP contribution in [0.4, 0.5) is 5.69 Å². The maximum Gasteiger partial charge on any atom is 0.246 e. The maximum atomic E-state index is 12.0. The molecule has 0 bridgehead atoms. The topological polar surface area (TPSA) is 81.9 Å². The van der Waals surface area contributed by atoms with Crippen LogP contribution in [0.5, 0.6) is 5.75 Å². The summed E-state index contributed by atoms with van der Waals surface area (Å²) in [6.45, 7) is 2.04. The van der Waals surface area contributed by atoms with Crippen molar-refractivity contribution in [2.24, 2.45) is 0 Å². The molecule has 1 saturated carbocycles. The van der Waals surface area contributed by atoms with Crippen LogP contribution < -0.4 is 10.1 Å². The van der Waals surface area contributed by atoms with Crippen molar-refractivity contribution in [1.29, 1.82) is 0 Å². The number of rotatable bonds is 5. The molecule has 3 rings (SSSR count). The number of ether oxygens (including phenoxy) is 1. The van der Waals surface area contributed by atoms with Crippen molar-refractivity contribution in [3.05, 3.63) is 30.1 Å². The zero-order valence-electron chi connectivity index (χ0n) is 12.5. The molecule has 0 radical (unpaired) electrons. The number of hydrogen-bond acceptors (Lipinski definition) is 5. The summed E-state index contributed by atoms with van der Waals surface area (Å²) < 4.78 is 7.42. The molecule has 1 heterocycles. The van der Waals surface area contributed by atoms with Crippen LogP contribution in [0.2, 0.25) is 0 Å². The summed E-state index contributed by atoms with van der Waals surface area (Å²) in [5.41, 5.74) is 1.70. The zero-order chi connectivity index (χ0) is 15.4. The molecule has 0 unspecified atom stereocenters. The molecular formula is C15H19N5O2. The van der Waals surface area contributed by atoms with Gasteiger partial charge in [-0.15, -0.1) is 5.10 Å². The molecule has 22 heavy (non-hydrogen) atoms. The number of benzene rings is 1. The van der Waals surface area contributed by atoms with Gasteiger partial charge in [0.05, 0.1) is 6.10 Å². The second kappa shape index (κ2) is 6.55. The number of aromatic nitrogens is 4. The first-order chi connectivity index (χ1) is 10.7. The number of nitrogens with zero attached hydrogens (tertiary/aromatic N) is 4. The molecule has 1 aromatic carbocycles. The zero-order valence-corrected chi connectivity index (χ0v) is 12.5. The third kappa shape index (κ3) is 3.41. The van der Waals surface area contributed by atoms with E-state index in [0.29, 0.717) is 6.10 Å². The van der Waals surface area contributed by atoms with Gasteiger partial charge in [0.25, 0.3) is 0 Å². The highest BCUT2D eigenvalue weighted by atomic mass is 16.5. The Morgan fingerprint density at radius 1 is 1.41 bits per heavy atom. The number of carbonyl (C=O) groups excluding carboxylic acids is 1. The van der Waals surface area contributed by atoms with Crippen molar-refractivity contribution < 1.29 is 9.53 Å². The molecule has 116 valence electrons. The van der Waals surface area contributed by atoms with E-state index in [2.05, 4.69) is 20.8 Å².